The van der Waals surface area contributed by atoms with E-state index in [4.69, 9.17) is 0 Å². The summed E-state index contributed by atoms with van der Waals surface area (Å²) in [5.41, 5.74) is 2.39. The number of nitrogens with one attached hydrogen (secondary N) is 2. The van der Waals surface area contributed by atoms with Crippen molar-refractivity contribution in [1.29, 1.82) is 0 Å². The highest BCUT2D eigenvalue weighted by Crippen LogP contribution is 2.26. The minimum absolute atomic E-state index is 0.0370. The fourth-order valence-electron chi connectivity index (χ4n) is 4.88. The van der Waals surface area contributed by atoms with Crippen LogP contribution < -0.4 is 16.3 Å². The molecule has 2 N–H and O–H groups in total. The summed E-state index contributed by atoms with van der Waals surface area (Å²) in [6.45, 7) is 6.82. The van der Waals surface area contributed by atoms with Crippen LogP contribution in [0.15, 0.2) is 66.0 Å². The molecular formula is C24H28N6O2. The second kappa shape index (κ2) is 8.18. The van der Waals surface area contributed by atoms with Gasteiger partial charge in [-0.2, -0.15) is 0 Å². The molecule has 5 rings (SSSR count). The van der Waals surface area contributed by atoms with Crippen molar-refractivity contribution in [1.82, 2.24) is 29.7 Å². The molecule has 0 saturated carbocycles. The predicted octanol–water partition coefficient (Wildman–Crippen LogP) is 1.99. The number of aryl methyl sites for hydroxylation is 1. The number of pyridine rings is 1. The van der Waals surface area contributed by atoms with Crippen LogP contribution in [0.5, 0.6) is 0 Å². The molecule has 0 bridgehead atoms. The number of carbonyl (C=O) groups is 1. The number of piperidine rings is 1. The zero-order valence-corrected chi connectivity index (χ0v) is 18.1. The second-order valence-corrected chi connectivity index (χ2v) is 8.69. The Bertz CT molecular complexity index is 1200. The summed E-state index contributed by atoms with van der Waals surface area (Å²) in [6, 6.07) is 11.4. The van der Waals surface area contributed by atoms with Gasteiger partial charge in [0.15, 0.2) is 0 Å². The van der Waals surface area contributed by atoms with E-state index >= 15 is 0 Å². The third-order valence-corrected chi connectivity index (χ3v) is 6.64. The molecule has 8 heteroatoms. The maximum absolute atomic E-state index is 13.2. The van der Waals surface area contributed by atoms with E-state index in [1.807, 2.05) is 41.3 Å². The third-order valence-electron chi connectivity index (χ3n) is 6.64. The number of amides is 1. The molecule has 0 unspecified atom stereocenters. The number of para-hydroxylation sites is 2. The van der Waals surface area contributed by atoms with Gasteiger partial charge < -0.3 is 15.5 Å². The lowest BCUT2D eigenvalue weighted by atomic mass is 9.88. The van der Waals surface area contributed by atoms with Crippen molar-refractivity contribution in [3.8, 4) is 5.69 Å². The second-order valence-electron chi connectivity index (χ2n) is 8.69. The molecule has 2 saturated heterocycles. The van der Waals surface area contributed by atoms with Crippen molar-refractivity contribution in [2.75, 3.05) is 19.6 Å². The van der Waals surface area contributed by atoms with Crippen LogP contribution in [-0.2, 0) is 11.3 Å². The summed E-state index contributed by atoms with van der Waals surface area (Å²) < 4.78 is 3.45. The number of rotatable bonds is 5. The SMILES string of the molecule is C=C1NCC2(CCN(C(=O)CCCn3c(=O)n(-c4cccnc4)c4ccccc43)CC2)N1. The Balaban J connectivity index is 1.25. The molecule has 1 aromatic carbocycles. The summed E-state index contributed by atoms with van der Waals surface area (Å²) in [5, 5.41) is 6.71. The molecule has 1 spiro atoms. The van der Waals surface area contributed by atoms with Gasteiger partial charge in [-0.1, -0.05) is 18.7 Å². The van der Waals surface area contributed by atoms with Gasteiger partial charge in [-0.25, -0.2) is 4.79 Å². The topological polar surface area (TPSA) is 84.2 Å². The molecule has 2 aliphatic rings. The van der Waals surface area contributed by atoms with Crippen LogP contribution in [0.25, 0.3) is 16.7 Å². The lowest BCUT2D eigenvalue weighted by Gasteiger charge is -2.39. The summed E-state index contributed by atoms with van der Waals surface area (Å²) in [5.74, 6) is 1.04. The number of benzene rings is 1. The Labute approximate surface area is 186 Å². The van der Waals surface area contributed by atoms with E-state index in [9.17, 15) is 9.59 Å². The molecule has 0 aliphatic carbocycles. The highest BCUT2D eigenvalue weighted by molar-refractivity contribution is 5.78. The molecule has 2 aliphatic heterocycles. The van der Waals surface area contributed by atoms with Gasteiger partial charge in [-0.05, 0) is 43.5 Å². The lowest BCUT2D eigenvalue weighted by molar-refractivity contribution is -0.132. The maximum atomic E-state index is 13.2. The highest BCUT2D eigenvalue weighted by atomic mass is 16.2. The molecule has 2 fully saturated rings. The predicted molar refractivity (Wildman–Crippen MR) is 123 cm³/mol. The average molecular weight is 433 g/mol. The van der Waals surface area contributed by atoms with Crippen molar-refractivity contribution in [2.45, 2.75) is 37.8 Å². The van der Waals surface area contributed by atoms with Gasteiger partial charge >= 0.3 is 5.69 Å². The van der Waals surface area contributed by atoms with Crippen LogP contribution in [0.2, 0.25) is 0 Å². The zero-order valence-electron chi connectivity index (χ0n) is 18.1. The number of carbonyl (C=O) groups excluding carboxylic acids is 1. The van der Waals surface area contributed by atoms with Crippen LogP contribution in [0.3, 0.4) is 0 Å². The van der Waals surface area contributed by atoms with E-state index in [1.54, 1.807) is 21.5 Å². The van der Waals surface area contributed by atoms with E-state index in [-0.39, 0.29) is 17.1 Å². The molecular weight excluding hydrogens is 404 g/mol. The van der Waals surface area contributed by atoms with Gasteiger partial charge in [-0.15, -0.1) is 0 Å². The number of fused-ring (bicyclic) bond motifs is 1. The van der Waals surface area contributed by atoms with Gasteiger partial charge in [0.2, 0.25) is 5.91 Å². The van der Waals surface area contributed by atoms with E-state index < -0.39 is 0 Å². The highest BCUT2D eigenvalue weighted by Gasteiger charge is 2.39. The minimum Gasteiger partial charge on any atom is -0.370 e. The van der Waals surface area contributed by atoms with Gasteiger partial charge in [0.05, 0.1) is 34.3 Å². The molecule has 32 heavy (non-hydrogen) atoms. The van der Waals surface area contributed by atoms with E-state index in [2.05, 4.69) is 22.2 Å². The summed E-state index contributed by atoms with van der Waals surface area (Å²) in [6.07, 6.45) is 6.28. The van der Waals surface area contributed by atoms with Crippen molar-refractivity contribution < 1.29 is 4.79 Å². The Morgan fingerprint density at radius 3 is 2.59 bits per heavy atom. The zero-order chi connectivity index (χ0) is 22.1. The summed E-state index contributed by atoms with van der Waals surface area (Å²) in [4.78, 5) is 32.1. The first-order valence-electron chi connectivity index (χ1n) is 11.2. The summed E-state index contributed by atoms with van der Waals surface area (Å²) in [7, 11) is 0. The van der Waals surface area contributed by atoms with Gasteiger partial charge in [-0.3, -0.25) is 18.9 Å². The number of hydrogen-bond donors (Lipinski definition) is 2. The molecule has 8 nitrogen and oxygen atoms in total. The fourth-order valence-corrected chi connectivity index (χ4v) is 4.88. The van der Waals surface area contributed by atoms with Gasteiger partial charge in [0, 0.05) is 38.8 Å². The fraction of sp³-hybridized carbons (Fsp3) is 0.375. The first-order chi connectivity index (χ1) is 15.6. The van der Waals surface area contributed by atoms with E-state index in [1.165, 1.54) is 0 Å². The Morgan fingerprint density at radius 2 is 1.91 bits per heavy atom. The standard InChI is InChI=1S/C24H28N6O2/c1-18-26-17-24(27-18)10-14-28(15-11-24)22(31)9-5-13-29-20-7-2-3-8-21(20)30(23(29)32)19-6-4-12-25-16-19/h2-4,6-8,12,16,26-27H,1,5,9-11,13-15,17H2. The number of likely N-dealkylation sites (tertiary alicyclic amines) is 1. The minimum atomic E-state index is -0.105. The molecule has 4 heterocycles. The average Bonchev–Trinajstić information content (AvgIpc) is 3.31. The molecule has 1 amide bonds. The van der Waals surface area contributed by atoms with Crippen LogP contribution in [0.4, 0.5) is 0 Å². The number of aromatic nitrogens is 3. The van der Waals surface area contributed by atoms with Crippen molar-refractivity contribution in [2.24, 2.45) is 0 Å². The van der Waals surface area contributed by atoms with Gasteiger partial charge in [0.1, 0.15) is 0 Å². The first-order valence-corrected chi connectivity index (χ1v) is 11.2. The van der Waals surface area contributed by atoms with Crippen molar-refractivity contribution in [3.63, 3.8) is 0 Å². The third kappa shape index (κ3) is 3.66. The maximum Gasteiger partial charge on any atom is 0.333 e. The monoisotopic (exact) mass is 432 g/mol. The van der Waals surface area contributed by atoms with E-state index in [0.29, 0.717) is 19.4 Å². The number of hydrogen-bond acceptors (Lipinski definition) is 5. The number of nitrogens with zero attached hydrogens (tertiary/aromatic N) is 4. The summed E-state index contributed by atoms with van der Waals surface area (Å²) >= 11 is 0. The van der Waals surface area contributed by atoms with Crippen LogP contribution in [0, 0.1) is 0 Å². The smallest absolute Gasteiger partial charge is 0.333 e. The van der Waals surface area contributed by atoms with Gasteiger partial charge in [0.25, 0.3) is 0 Å². The molecule has 0 atom stereocenters. The Morgan fingerprint density at radius 1 is 1.12 bits per heavy atom. The van der Waals surface area contributed by atoms with Crippen LogP contribution >= 0.6 is 0 Å². The van der Waals surface area contributed by atoms with Crippen molar-refractivity contribution >= 4 is 16.9 Å². The largest absolute Gasteiger partial charge is 0.370 e. The number of imidazole rings is 1. The van der Waals surface area contributed by atoms with Crippen LogP contribution in [-0.4, -0.2) is 50.1 Å². The molecule has 0 radical (unpaired) electrons. The normalized spacial score (nSPS) is 17.5. The van der Waals surface area contributed by atoms with Crippen LogP contribution in [0.1, 0.15) is 25.7 Å². The van der Waals surface area contributed by atoms with E-state index in [0.717, 1.165) is 55.0 Å². The Kier molecular flexibility index (Phi) is 5.20. The first kappa shape index (κ1) is 20.4. The molecule has 2 aromatic heterocycles. The lowest BCUT2D eigenvalue weighted by Crippen LogP contribution is -2.53. The molecule has 166 valence electrons. The Hall–Kier alpha value is -3.55. The molecule has 3 aromatic rings. The quantitative estimate of drug-likeness (QED) is 0.644. The van der Waals surface area contributed by atoms with Crippen molar-refractivity contribution in [3.05, 3.63) is 71.7 Å².